The molecule has 0 aliphatic carbocycles. The van der Waals surface area contributed by atoms with Gasteiger partial charge in [-0.2, -0.15) is 0 Å². The summed E-state index contributed by atoms with van der Waals surface area (Å²) < 4.78 is 4.97. The normalized spacial score (nSPS) is 10.5. The fourth-order valence-corrected chi connectivity index (χ4v) is 5.28. The second kappa shape index (κ2) is 8.58. The smallest absolute Gasteiger partial charge is 0.338 e. The lowest BCUT2D eigenvalue weighted by Gasteiger charge is -2.22. The molecule has 136 valence electrons. The van der Waals surface area contributed by atoms with Crippen LogP contribution in [-0.4, -0.2) is 19.0 Å². The van der Waals surface area contributed by atoms with Crippen molar-refractivity contribution in [2.45, 2.75) is 0 Å². The molecule has 0 heterocycles. The molecule has 3 aromatic carbocycles. The Balaban J connectivity index is 2.27. The summed E-state index contributed by atoms with van der Waals surface area (Å²) in [6.45, 7) is 0. The van der Waals surface area contributed by atoms with Crippen molar-refractivity contribution in [3.8, 4) is 0 Å². The number of hydrogen-bond donors (Lipinski definition) is 2. The first kappa shape index (κ1) is 18.8. The summed E-state index contributed by atoms with van der Waals surface area (Å²) in [5, 5.41) is 2.87. The number of rotatable bonds is 5. The van der Waals surface area contributed by atoms with Gasteiger partial charge in [-0.1, -0.05) is 60.7 Å². The van der Waals surface area contributed by atoms with Gasteiger partial charge in [-0.25, -0.2) is 10.6 Å². The SMILES string of the molecule is COC(=O)c1ccc(C(=O)NN)cc1P(c1ccccc1)c1ccccc1. The third-order valence-corrected chi connectivity index (χ3v) is 6.55. The number of amides is 1. The number of hydrogen-bond acceptors (Lipinski definition) is 4. The summed E-state index contributed by atoms with van der Waals surface area (Å²) in [4.78, 5) is 24.5. The van der Waals surface area contributed by atoms with Gasteiger partial charge in [0, 0.05) is 10.9 Å². The highest BCUT2D eigenvalue weighted by Gasteiger charge is 2.24. The number of methoxy groups -OCH3 is 1. The van der Waals surface area contributed by atoms with E-state index in [0.29, 0.717) is 11.1 Å². The number of carbonyl (C=O) groups excluding carboxylic acids is 2. The third kappa shape index (κ3) is 4.05. The molecule has 0 unspecified atom stereocenters. The number of hydrazine groups is 1. The molecule has 0 atom stereocenters. The number of ether oxygens (including phenoxy) is 1. The molecule has 3 rings (SSSR count). The van der Waals surface area contributed by atoms with Gasteiger partial charge in [0.2, 0.25) is 0 Å². The summed E-state index contributed by atoms with van der Waals surface area (Å²) in [5.41, 5.74) is 2.97. The molecule has 0 aliphatic rings. The van der Waals surface area contributed by atoms with Crippen molar-refractivity contribution in [3.05, 3.63) is 90.0 Å². The fraction of sp³-hybridized carbons (Fsp3) is 0.0476. The molecule has 0 bridgehead atoms. The highest BCUT2D eigenvalue weighted by atomic mass is 31.1. The molecule has 0 spiro atoms. The molecule has 6 heteroatoms. The molecule has 0 radical (unpaired) electrons. The van der Waals surface area contributed by atoms with Gasteiger partial charge in [-0.3, -0.25) is 10.2 Å². The van der Waals surface area contributed by atoms with Crippen LogP contribution >= 0.6 is 7.92 Å². The maximum absolute atomic E-state index is 12.4. The highest BCUT2D eigenvalue weighted by Crippen LogP contribution is 2.34. The van der Waals surface area contributed by atoms with E-state index in [1.165, 1.54) is 7.11 Å². The van der Waals surface area contributed by atoms with Crippen LogP contribution in [0.1, 0.15) is 20.7 Å². The van der Waals surface area contributed by atoms with E-state index in [1.807, 2.05) is 60.7 Å². The van der Waals surface area contributed by atoms with E-state index < -0.39 is 19.8 Å². The van der Waals surface area contributed by atoms with E-state index in [4.69, 9.17) is 10.6 Å². The van der Waals surface area contributed by atoms with Crippen LogP contribution in [0.25, 0.3) is 0 Å². The van der Waals surface area contributed by atoms with Crippen molar-refractivity contribution >= 4 is 35.7 Å². The van der Waals surface area contributed by atoms with Crippen molar-refractivity contribution in [1.82, 2.24) is 5.43 Å². The maximum atomic E-state index is 12.4. The number of nitrogens with one attached hydrogen (secondary N) is 1. The van der Waals surface area contributed by atoms with Gasteiger partial charge in [0.25, 0.3) is 5.91 Å². The molecule has 0 fully saturated rings. The third-order valence-electron chi connectivity index (χ3n) is 4.07. The molecule has 5 nitrogen and oxygen atoms in total. The topological polar surface area (TPSA) is 81.4 Å². The Kier molecular flexibility index (Phi) is 5.97. The molecule has 0 saturated heterocycles. The van der Waals surface area contributed by atoms with Gasteiger partial charge in [-0.15, -0.1) is 0 Å². The van der Waals surface area contributed by atoms with Crippen molar-refractivity contribution in [1.29, 1.82) is 0 Å². The Bertz CT molecular complexity index is 907. The van der Waals surface area contributed by atoms with Crippen LogP contribution in [0.15, 0.2) is 78.9 Å². The molecule has 27 heavy (non-hydrogen) atoms. The van der Waals surface area contributed by atoms with Crippen LogP contribution in [0, 0.1) is 0 Å². The summed E-state index contributed by atoms with van der Waals surface area (Å²) >= 11 is 0. The minimum atomic E-state index is -1.07. The quantitative estimate of drug-likeness (QED) is 0.233. The van der Waals surface area contributed by atoms with Gasteiger partial charge in [-0.05, 0) is 36.7 Å². The first-order valence-electron chi connectivity index (χ1n) is 8.29. The van der Waals surface area contributed by atoms with Gasteiger partial charge < -0.3 is 4.74 Å². The molecule has 0 aromatic heterocycles. The zero-order valence-electron chi connectivity index (χ0n) is 14.8. The molecule has 0 saturated carbocycles. The number of nitrogens with two attached hydrogens (primary N) is 1. The lowest BCUT2D eigenvalue weighted by atomic mass is 10.1. The van der Waals surface area contributed by atoms with E-state index in [1.54, 1.807) is 18.2 Å². The van der Waals surface area contributed by atoms with Crippen LogP contribution < -0.4 is 27.2 Å². The largest absolute Gasteiger partial charge is 0.465 e. The van der Waals surface area contributed by atoms with E-state index in [-0.39, 0.29) is 0 Å². The lowest BCUT2D eigenvalue weighted by Crippen LogP contribution is -2.32. The first-order valence-corrected chi connectivity index (χ1v) is 9.63. The molecule has 0 aliphatic heterocycles. The summed E-state index contributed by atoms with van der Waals surface area (Å²) in [5.74, 6) is 4.44. The predicted octanol–water partition coefficient (Wildman–Crippen LogP) is 1.83. The Hall–Kier alpha value is -3.01. The van der Waals surface area contributed by atoms with Crippen molar-refractivity contribution in [2.24, 2.45) is 5.84 Å². The fourth-order valence-electron chi connectivity index (χ4n) is 2.81. The van der Waals surface area contributed by atoms with Crippen molar-refractivity contribution in [3.63, 3.8) is 0 Å². The Morgan fingerprint density at radius 1 is 0.889 bits per heavy atom. The molecular weight excluding hydrogens is 359 g/mol. The van der Waals surface area contributed by atoms with E-state index in [0.717, 1.165) is 15.9 Å². The Labute approximate surface area is 158 Å². The average Bonchev–Trinajstić information content (AvgIpc) is 2.74. The average molecular weight is 378 g/mol. The minimum absolute atomic E-state index is 0.388. The summed E-state index contributed by atoms with van der Waals surface area (Å²) in [6.07, 6.45) is 0. The van der Waals surface area contributed by atoms with E-state index in [9.17, 15) is 9.59 Å². The monoisotopic (exact) mass is 378 g/mol. The predicted molar refractivity (Wildman–Crippen MR) is 108 cm³/mol. The van der Waals surface area contributed by atoms with Gasteiger partial charge in [0.1, 0.15) is 0 Å². The zero-order chi connectivity index (χ0) is 19.2. The van der Waals surface area contributed by atoms with Crippen LogP contribution in [0.5, 0.6) is 0 Å². The molecular formula is C21H19N2O3P. The van der Waals surface area contributed by atoms with Crippen LogP contribution in [-0.2, 0) is 4.74 Å². The van der Waals surface area contributed by atoms with Crippen LogP contribution in [0.3, 0.4) is 0 Å². The van der Waals surface area contributed by atoms with Gasteiger partial charge >= 0.3 is 5.97 Å². The highest BCUT2D eigenvalue weighted by molar-refractivity contribution is 7.80. The van der Waals surface area contributed by atoms with Gasteiger partial charge in [0.15, 0.2) is 0 Å². The van der Waals surface area contributed by atoms with E-state index in [2.05, 4.69) is 5.43 Å². The first-order chi connectivity index (χ1) is 13.2. The molecule has 1 amide bonds. The zero-order valence-corrected chi connectivity index (χ0v) is 15.6. The van der Waals surface area contributed by atoms with Crippen LogP contribution in [0.2, 0.25) is 0 Å². The number of carbonyl (C=O) groups is 2. The van der Waals surface area contributed by atoms with Crippen LogP contribution in [0.4, 0.5) is 0 Å². The Morgan fingerprint density at radius 3 is 1.93 bits per heavy atom. The van der Waals surface area contributed by atoms with Crippen molar-refractivity contribution < 1.29 is 14.3 Å². The minimum Gasteiger partial charge on any atom is -0.465 e. The van der Waals surface area contributed by atoms with Gasteiger partial charge in [0.05, 0.1) is 12.7 Å². The Morgan fingerprint density at radius 2 is 1.44 bits per heavy atom. The number of benzene rings is 3. The number of nitrogen functional groups attached to an aromatic ring is 1. The summed E-state index contributed by atoms with van der Waals surface area (Å²) in [7, 11) is 0.275. The molecule has 3 aromatic rings. The molecule has 3 N–H and O–H groups in total. The van der Waals surface area contributed by atoms with E-state index >= 15 is 0 Å². The second-order valence-electron chi connectivity index (χ2n) is 5.70. The number of esters is 1. The maximum Gasteiger partial charge on any atom is 0.338 e. The van der Waals surface area contributed by atoms with Crippen molar-refractivity contribution in [2.75, 3.05) is 7.11 Å². The second-order valence-corrected chi connectivity index (χ2v) is 7.89. The standard InChI is InChI=1S/C21H19N2O3P/c1-26-21(25)18-13-12-15(20(24)23-22)14-19(18)27(16-8-4-2-5-9-16)17-10-6-3-7-11-17/h2-14H,22H2,1H3,(H,23,24). The summed E-state index contributed by atoms with van der Waals surface area (Å²) in [6, 6.07) is 24.7. The lowest BCUT2D eigenvalue weighted by molar-refractivity contribution is 0.0602.